The summed E-state index contributed by atoms with van der Waals surface area (Å²) in [6.07, 6.45) is 1.89. The summed E-state index contributed by atoms with van der Waals surface area (Å²) < 4.78 is 5.15. The highest BCUT2D eigenvalue weighted by atomic mass is 32.1. The van der Waals surface area contributed by atoms with E-state index in [1.165, 1.54) is 4.88 Å². The third kappa shape index (κ3) is 2.95. The van der Waals surface area contributed by atoms with Crippen molar-refractivity contribution in [2.24, 2.45) is 0 Å². The van der Waals surface area contributed by atoms with Gasteiger partial charge >= 0.3 is 0 Å². The zero-order valence-corrected chi connectivity index (χ0v) is 11.8. The summed E-state index contributed by atoms with van der Waals surface area (Å²) in [7, 11) is 3.57. The minimum atomic E-state index is 0.588. The summed E-state index contributed by atoms with van der Waals surface area (Å²) in [5.74, 6) is 1.25. The highest BCUT2D eigenvalue weighted by Crippen LogP contribution is 2.18. The van der Waals surface area contributed by atoms with Gasteiger partial charge < -0.3 is 9.64 Å². The number of hydrogen-bond acceptors (Lipinski definition) is 6. The van der Waals surface area contributed by atoms with Crippen LogP contribution in [0.5, 0.6) is 5.88 Å². The SMILES string of the molecule is COc1cc(C)nc(N(C)Cc2cnc(C)s2)n1. The first-order valence-corrected chi connectivity index (χ1v) is 6.42. The number of aromatic nitrogens is 3. The Morgan fingerprint density at radius 2 is 2.11 bits per heavy atom. The van der Waals surface area contributed by atoms with Crippen molar-refractivity contribution in [1.82, 2.24) is 15.0 Å². The Balaban J connectivity index is 2.17. The van der Waals surface area contributed by atoms with Gasteiger partial charge in [-0.25, -0.2) is 9.97 Å². The average molecular weight is 264 g/mol. The smallest absolute Gasteiger partial charge is 0.228 e. The predicted octanol–water partition coefficient (Wildman–Crippen LogP) is 2.19. The fourth-order valence-electron chi connectivity index (χ4n) is 1.58. The molecule has 0 aromatic carbocycles. The van der Waals surface area contributed by atoms with Crippen LogP contribution in [0.1, 0.15) is 15.6 Å². The third-order valence-electron chi connectivity index (χ3n) is 2.43. The number of thiazole rings is 1. The molecule has 6 heteroatoms. The van der Waals surface area contributed by atoms with Crippen molar-refractivity contribution in [3.8, 4) is 5.88 Å². The van der Waals surface area contributed by atoms with Gasteiger partial charge in [0.15, 0.2) is 0 Å². The molecule has 96 valence electrons. The van der Waals surface area contributed by atoms with E-state index >= 15 is 0 Å². The molecule has 0 aliphatic rings. The Kier molecular flexibility index (Phi) is 3.76. The molecule has 18 heavy (non-hydrogen) atoms. The van der Waals surface area contributed by atoms with Gasteiger partial charge in [-0.05, 0) is 13.8 Å². The molecule has 0 bridgehead atoms. The van der Waals surface area contributed by atoms with E-state index in [-0.39, 0.29) is 0 Å². The van der Waals surface area contributed by atoms with E-state index in [0.717, 1.165) is 17.2 Å². The molecule has 0 spiro atoms. The first-order valence-electron chi connectivity index (χ1n) is 5.60. The van der Waals surface area contributed by atoms with Crippen LogP contribution < -0.4 is 9.64 Å². The molecule has 0 atom stereocenters. The standard InChI is InChI=1S/C12H16N4OS/c1-8-5-11(17-4)15-12(14-8)16(3)7-10-6-13-9(2)18-10/h5-6H,7H2,1-4H3. The Labute approximate surface area is 110 Å². The molecular weight excluding hydrogens is 248 g/mol. The molecule has 0 N–H and O–H groups in total. The number of aryl methyl sites for hydroxylation is 2. The minimum absolute atomic E-state index is 0.588. The molecule has 2 heterocycles. The van der Waals surface area contributed by atoms with Gasteiger partial charge in [0.05, 0.1) is 18.7 Å². The van der Waals surface area contributed by atoms with Crippen LogP contribution in [0.4, 0.5) is 5.95 Å². The molecule has 5 nitrogen and oxygen atoms in total. The molecule has 0 aliphatic carbocycles. The fraction of sp³-hybridized carbons (Fsp3) is 0.417. The zero-order chi connectivity index (χ0) is 13.1. The van der Waals surface area contributed by atoms with Gasteiger partial charge in [-0.3, -0.25) is 0 Å². The first-order chi connectivity index (χ1) is 8.58. The number of methoxy groups -OCH3 is 1. The maximum atomic E-state index is 5.15. The van der Waals surface area contributed by atoms with Gasteiger partial charge in [0, 0.05) is 29.9 Å². The summed E-state index contributed by atoms with van der Waals surface area (Å²) in [5, 5.41) is 1.07. The summed E-state index contributed by atoms with van der Waals surface area (Å²) in [6, 6.07) is 1.81. The molecule has 0 unspecified atom stereocenters. The van der Waals surface area contributed by atoms with E-state index < -0.39 is 0 Å². The monoisotopic (exact) mass is 264 g/mol. The Bertz CT molecular complexity index is 541. The number of hydrogen-bond donors (Lipinski definition) is 0. The molecule has 2 rings (SSSR count). The lowest BCUT2D eigenvalue weighted by Crippen LogP contribution is -2.19. The lowest BCUT2D eigenvalue weighted by Gasteiger charge is -2.16. The van der Waals surface area contributed by atoms with Crippen LogP contribution in [0, 0.1) is 13.8 Å². The van der Waals surface area contributed by atoms with Gasteiger partial charge in [-0.15, -0.1) is 11.3 Å². The predicted molar refractivity (Wildman–Crippen MR) is 72.3 cm³/mol. The van der Waals surface area contributed by atoms with Gasteiger partial charge in [0.1, 0.15) is 0 Å². The van der Waals surface area contributed by atoms with Gasteiger partial charge in [0.25, 0.3) is 0 Å². The van der Waals surface area contributed by atoms with Gasteiger partial charge in [-0.1, -0.05) is 0 Å². The van der Waals surface area contributed by atoms with Crippen molar-refractivity contribution >= 4 is 17.3 Å². The van der Waals surface area contributed by atoms with E-state index in [0.29, 0.717) is 11.8 Å². The topological polar surface area (TPSA) is 51.1 Å². The van der Waals surface area contributed by atoms with Crippen molar-refractivity contribution in [2.75, 3.05) is 19.1 Å². The number of nitrogens with zero attached hydrogens (tertiary/aromatic N) is 4. The highest BCUT2D eigenvalue weighted by molar-refractivity contribution is 7.11. The van der Waals surface area contributed by atoms with Crippen LogP contribution in [0.2, 0.25) is 0 Å². The molecule has 0 saturated carbocycles. The number of rotatable bonds is 4. The normalized spacial score (nSPS) is 10.4. The molecule has 2 aromatic rings. The van der Waals surface area contributed by atoms with E-state index in [1.807, 2.05) is 38.1 Å². The van der Waals surface area contributed by atoms with Crippen molar-refractivity contribution < 1.29 is 4.74 Å². The van der Waals surface area contributed by atoms with Crippen molar-refractivity contribution in [2.45, 2.75) is 20.4 Å². The third-order valence-corrected chi connectivity index (χ3v) is 3.33. The van der Waals surface area contributed by atoms with Crippen molar-refractivity contribution in [3.63, 3.8) is 0 Å². The number of ether oxygens (including phenoxy) is 1. The van der Waals surface area contributed by atoms with E-state index in [4.69, 9.17) is 4.74 Å². The molecular formula is C12H16N4OS. The van der Waals surface area contributed by atoms with Gasteiger partial charge in [0.2, 0.25) is 11.8 Å². The molecule has 0 amide bonds. The van der Waals surface area contributed by atoms with E-state index in [9.17, 15) is 0 Å². The highest BCUT2D eigenvalue weighted by Gasteiger charge is 2.09. The summed E-state index contributed by atoms with van der Waals surface area (Å²) in [4.78, 5) is 16.2. The molecule has 0 radical (unpaired) electrons. The molecule has 0 fully saturated rings. The number of anilines is 1. The van der Waals surface area contributed by atoms with Gasteiger partial charge in [-0.2, -0.15) is 4.98 Å². The molecule has 0 aliphatic heterocycles. The largest absolute Gasteiger partial charge is 0.481 e. The minimum Gasteiger partial charge on any atom is -0.481 e. The van der Waals surface area contributed by atoms with Crippen LogP contribution >= 0.6 is 11.3 Å². The summed E-state index contributed by atoms with van der Waals surface area (Å²) in [5.41, 5.74) is 0.893. The summed E-state index contributed by atoms with van der Waals surface area (Å²) >= 11 is 1.69. The fourth-order valence-corrected chi connectivity index (χ4v) is 2.43. The Morgan fingerprint density at radius 3 is 2.72 bits per heavy atom. The van der Waals surface area contributed by atoms with Crippen LogP contribution in [0.15, 0.2) is 12.3 Å². The quantitative estimate of drug-likeness (QED) is 0.847. The second-order valence-electron chi connectivity index (χ2n) is 4.05. The lowest BCUT2D eigenvalue weighted by atomic mass is 10.4. The van der Waals surface area contributed by atoms with Crippen molar-refractivity contribution in [3.05, 3.63) is 27.8 Å². The second kappa shape index (κ2) is 5.30. The Morgan fingerprint density at radius 1 is 1.33 bits per heavy atom. The molecule has 2 aromatic heterocycles. The van der Waals surface area contributed by atoms with Crippen molar-refractivity contribution in [1.29, 1.82) is 0 Å². The van der Waals surface area contributed by atoms with Crippen LogP contribution in [-0.2, 0) is 6.54 Å². The van der Waals surface area contributed by atoms with Crippen LogP contribution in [0.25, 0.3) is 0 Å². The Hall–Kier alpha value is -1.69. The van der Waals surface area contributed by atoms with E-state index in [1.54, 1.807) is 18.4 Å². The summed E-state index contributed by atoms with van der Waals surface area (Å²) in [6.45, 7) is 4.68. The maximum absolute atomic E-state index is 5.15. The van der Waals surface area contributed by atoms with Crippen LogP contribution in [-0.4, -0.2) is 29.1 Å². The molecule has 0 saturated heterocycles. The van der Waals surface area contributed by atoms with E-state index in [2.05, 4.69) is 15.0 Å². The first kappa shape index (κ1) is 12.8. The average Bonchev–Trinajstić information content (AvgIpc) is 2.73. The van der Waals surface area contributed by atoms with Crippen LogP contribution in [0.3, 0.4) is 0 Å². The lowest BCUT2D eigenvalue weighted by molar-refractivity contribution is 0.396. The second-order valence-corrected chi connectivity index (χ2v) is 5.37. The maximum Gasteiger partial charge on any atom is 0.228 e. The zero-order valence-electron chi connectivity index (χ0n) is 11.0.